The van der Waals surface area contributed by atoms with E-state index >= 15 is 0 Å². The number of Topliss-reactive ketones (excluding diaryl/α,β-unsaturated/α-hetero) is 1. The van der Waals surface area contributed by atoms with E-state index in [9.17, 15) is 19.8 Å². The van der Waals surface area contributed by atoms with Gasteiger partial charge in [-0.25, -0.2) is 0 Å². The van der Waals surface area contributed by atoms with Gasteiger partial charge in [-0.1, -0.05) is 6.07 Å². The number of carbonyl (C=O) groups excluding carboxylic acids is 2. The van der Waals surface area contributed by atoms with Gasteiger partial charge in [0.15, 0.2) is 0 Å². The van der Waals surface area contributed by atoms with Crippen LogP contribution in [0, 0.1) is 5.92 Å². The van der Waals surface area contributed by atoms with Gasteiger partial charge in [-0.2, -0.15) is 0 Å². The van der Waals surface area contributed by atoms with Crippen molar-refractivity contribution < 1.29 is 19.8 Å². The lowest BCUT2D eigenvalue weighted by Crippen LogP contribution is -2.74. The zero-order valence-corrected chi connectivity index (χ0v) is 16.3. The molecule has 3 fully saturated rings. The number of rotatable bonds is 3. The molecule has 1 amide bonds. The number of phenols is 1. The van der Waals surface area contributed by atoms with Crippen molar-refractivity contribution in [3.8, 4) is 5.75 Å². The first-order chi connectivity index (χ1) is 13.3. The first kappa shape index (κ1) is 18.1. The van der Waals surface area contributed by atoms with Gasteiger partial charge < -0.3 is 15.9 Å². The van der Waals surface area contributed by atoms with Crippen LogP contribution in [0.1, 0.15) is 66.9 Å². The highest BCUT2D eigenvalue weighted by atomic mass is 16.3. The Kier molecular flexibility index (Phi) is 3.75. The summed E-state index contributed by atoms with van der Waals surface area (Å²) in [4.78, 5) is 26.8. The van der Waals surface area contributed by atoms with Crippen LogP contribution in [0.4, 0.5) is 0 Å². The molecule has 2 bridgehead atoms. The van der Waals surface area contributed by atoms with Crippen molar-refractivity contribution >= 4 is 11.7 Å². The summed E-state index contributed by atoms with van der Waals surface area (Å²) in [5.74, 6) is -0.0261. The normalized spacial score (nSPS) is 35.8. The number of carbonyl (C=O) groups is 2. The molecule has 0 spiro atoms. The standard InChI is InChI=1S/C22H28N2O4/c1-12(13-2-3-13)24-9-8-21-11-15(25)6-7-22(21,28)17(24)10-14-4-5-16(20(23)27)19(26)18(14)21/h4-5,12-13,17,26,28H,2-3,6-11H2,1H3,(H2,23,27)/t12-,17?,21+,22+/m0/s1. The van der Waals surface area contributed by atoms with E-state index in [-0.39, 0.29) is 29.6 Å². The molecule has 150 valence electrons. The van der Waals surface area contributed by atoms with E-state index in [2.05, 4.69) is 11.8 Å². The fourth-order valence-electron chi connectivity index (χ4n) is 6.48. The summed E-state index contributed by atoms with van der Waals surface area (Å²) in [6.07, 6.45) is 4.69. The first-order valence-corrected chi connectivity index (χ1v) is 10.4. The highest BCUT2D eigenvalue weighted by Crippen LogP contribution is 2.60. The van der Waals surface area contributed by atoms with Crippen LogP contribution in [0.15, 0.2) is 12.1 Å². The second-order valence-electron chi connectivity index (χ2n) is 9.37. The van der Waals surface area contributed by atoms with Gasteiger partial charge in [-0.15, -0.1) is 0 Å². The average molecular weight is 384 g/mol. The van der Waals surface area contributed by atoms with Crippen molar-refractivity contribution in [3.63, 3.8) is 0 Å². The number of hydrogen-bond acceptors (Lipinski definition) is 5. The summed E-state index contributed by atoms with van der Waals surface area (Å²) in [7, 11) is 0. The Bertz CT molecular complexity index is 880. The van der Waals surface area contributed by atoms with Gasteiger partial charge in [0.1, 0.15) is 11.5 Å². The predicted molar refractivity (Wildman–Crippen MR) is 103 cm³/mol. The Morgan fingerprint density at radius 1 is 1.32 bits per heavy atom. The molecule has 1 unspecified atom stereocenters. The number of nitrogens with zero attached hydrogens (tertiary/aromatic N) is 1. The molecular weight excluding hydrogens is 356 g/mol. The van der Waals surface area contributed by atoms with Crippen molar-refractivity contribution in [2.24, 2.45) is 11.7 Å². The Hall–Kier alpha value is -1.92. The molecule has 1 aliphatic heterocycles. The van der Waals surface area contributed by atoms with Crippen LogP contribution in [0.3, 0.4) is 0 Å². The summed E-state index contributed by atoms with van der Waals surface area (Å²) in [6.45, 7) is 3.04. The minimum Gasteiger partial charge on any atom is -0.507 e. The van der Waals surface area contributed by atoms with Crippen LogP contribution in [0.2, 0.25) is 0 Å². The average Bonchev–Trinajstić information content (AvgIpc) is 3.46. The predicted octanol–water partition coefficient (Wildman–Crippen LogP) is 1.64. The van der Waals surface area contributed by atoms with E-state index in [0.717, 1.165) is 12.1 Å². The molecule has 6 nitrogen and oxygen atoms in total. The molecule has 1 aromatic carbocycles. The van der Waals surface area contributed by atoms with Crippen molar-refractivity contribution in [3.05, 3.63) is 28.8 Å². The van der Waals surface area contributed by atoms with Crippen molar-refractivity contribution in [1.82, 2.24) is 4.90 Å². The quantitative estimate of drug-likeness (QED) is 0.735. The third-order valence-corrected chi connectivity index (χ3v) is 8.11. The number of nitrogens with two attached hydrogens (primary N) is 1. The summed E-state index contributed by atoms with van der Waals surface area (Å²) < 4.78 is 0. The summed E-state index contributed by atoms with van der Waals surface area (Å²) in [5, 5.41) is 23.1. The van der Waals surface area contributed by atoms with E-state index in [0.29, 0.717) is 43.2 Å². The van der Waals surface area contributed by atoms with E-state index in [4.69, 9.17) is 5.73 Å². The van der Waals surface area contributed by atoms with Crippen LogP contribution >= 0.6 is 0 Å². The lowest BCUT2D eigenvalue weighted by atomic mass is 9.49. The number of likely N-dealkylation sites (tertiary alicyclic amines) is 1. The van der Waals surface area contributed by atoms with Gasteiger partial charge in [0.2, 0.25) is 0 Å². The van der Waals surface area contributed by atoms with Crippen LogP contribution in [0.25, 0.3) is 0 Å². The minimum atomic E-state index is -1.08. The molecule has 4 N–H and O–H groups in total. The molecule has 2 saturated carbocycles. The third kappa shape index (κ3) is 2.22. The molecule has 4 aliphatic rings. The lowest BCUT2D eigenvalue weighted by Gasteiger charge is -2.64. The fourth-order valence-corrected chi connectivity index (χ4v) is 6.48. The number of aliphatic hydroxyl groups is 1. The number of piperidine rings is 1. The summed E-state index contributed by atoms with van der Waals surface area (Å²) in [5.41, 5.74) is 5.14. The minimum absolute atomic E-state index is 0.0701. The van der Waals surface area contributed by atoms with Gasteiger partial charge in [0.05, 0.1) is 11.2 Å². The number of amides is 1. The number of fused-ring (bicyclic) bond motifs is 1. The van der Waals surface area contributed by atoms with E-state index in [1.54, 1.807) is 6.07 Å². The number of benzene rings is 1. The fraction of sp³-hybridized carbons (Fsp3) is 0.636. The maximum Gasteiger partial charge on any atom is 0.252 e. The summed E-state index contributed by atoms with van der Waals surface area (Å²) in [6, 6.07) is 3.77. The number of primary amides is 1. The van der Waals surface area contributed by atoms with E-state index < -0.39 is 16.9 Å². The van der Waals surface area contributed by atoms with E-state index in [1.165, 1.54) is 12.8 Å². The van der Waals surface area contributed by atoms with Crippen LogP contribution in [-0.4, -0.2) is 51.0 Å². The monoisotopic (exact) mass is 384 g/mol. The SMILES string of the molecule is C[C@@H](C1CC1)N1CC[C@]23CC(=O)CC[C@@]2(O)C1Cc1ccc(C(N)=O)c(O)c13. The third-order valence-electron chi connectivity index (χ3n) is 8.11. The van der Waals surface area contributed by atoms with Gasteiger partial charge in [0, 0.05) is 35.9 Å². The van der Waals surface area contributed by atoms with Crippen molar-refractivity contribution in [1.29, 1.82) is 0 Å². The van der Waals surface area contributed by atoms with Crippen molar-refractivity contribution in [2.75, 3.05) is 6.54 Å². The lowest BCUT2D eigenvalue weighted by molar-refractivity contribution is -0.179. The maximum absolute atomic E-state index is 12.5. The Labute approximate surface area is 164 Å². The highest BCUT2D eigenvalue weighted by molar-refractivity contribution is 5.96. The summed E-state index contributed by atoms with van der Waals surface area (Å²) >= 11 is 0. The molecule has 1 heterocycles. The number of aromatic hydroxyl groups is 1. The topological polar surface area (TPSA) is 104 Å². The van der Waals surface area contributed by atoms with Crippen LogP contribution < -0.4 is 5.73 Å². The maximum atomic E-state index is 12.5. The van der Waals surface area contributed by atoms with Crippen molar-refractivity contribution in [2.45, 2.75) is 75.0 Å². The number of hydrogen-bond donors (Lipinski definition) is 3. The molecule has 0 radical (unpaired) electrons. The van der Waals surface area contributed by atoms with Crippen LogP contribution in [0.5, 0.6) is 5.75 Å². The molecule has 1 saturated heterocycles. The molecule has 1 aromatic rings. The van der Waals surface area contributed by atoms with E-state index in [1.807, 2.05) is 6.07 Å². The molecule has 6 heteroatoms. The first-order valence-electron chi connectivity index (χ1n) is 10.4. The van der Waals surface area contributed by atoms with Gasteiger partial charge in [-0.3, -0.25) is 14.5 Å². The Morgan fingerprint density at radius 3 is 2.75 bits per heavy atom. The highest BCUT2D eigenvalue weighted by Gasteiger charge is 2.66. The molecular formula is C22H28N2O4. The largest absolute Gasteiger partial charge is 0.507 e. The molecule has 4 atom stereocenters. The molecule has 3 aliphatic carbocycles. The number of ketones is 1. The second kappa shape index (κ2) is 5.80. The molecule has 0 aromatic heterocycles. The molecule has 5 rings (SSSR count). The van der Waals surface area contributed by atoms with Gasteiger partial charge in [-0.05, 0) is 63.1 Å². The Balaban J connectivity index is 1.70. The van der Waals surface area contributed by atoms with Crippen LogP contribution in [-0.2, 0) is 16.6 Å². The van der Waals surface area contributed by atoms with Gasteiger partial charge in [0.25, 0.3) is 5.91 Å². The molecule has 28 heavy (non-hydrogen) atoms. The Morgan fingerprint density at radius 2 is 2.07 bits per heavy atom. The second-order valence-corrected chi connectivity index (χ2v) is 9.37. The smallest absolute Gasteiger partial charge is 0.252 e. The van der Waals surface area contributed by atoms with Gasteiger partial charge >= 0.3 is 0 Å². The zero-order chi connectivity index (χ0) is 19.8. The zero-order valence-electron chi connectivity index (χ0n) is 16.3.